The second-order valence-electron chi connectivity index (χ2n) is 16.3. The highest BCUT2D eigenvalue weighted by atomic mass is 16.3. The van der Waals surface area contributed by atoms with E-state index in [1.807, 2.05) is 66.7 Å². The van der Waals surface area contributed by atoms with Crippen LogP contribution in [0.1, 0.15) is 22.3 Å². The summed E-state index contributed by atoms with van der Waals surface area (Å²) in [5.41, 5.74) is 14.5. The number of hydrogen-bond acceptors (Lipinski definition) is 4. The molecule has 3 aromatic heterocycles. The van der Waals surface area contributed by atoms with Gasteiger partial charge in [0.15, 0.2) is 23.1 Å². The van der Waals surface area contributed by atoms with Crippen molar-refractivity contribution in [3.8, 4) is 51.0 Å². The molecule has 1 aliphatic rings. The van der Waals surface area contributed by atoms with E-state index in [1.54, 1.807) is 0 Å². The standard InChI is InChI=1S/C58H36N4O/c1-5-18-37(19-6-1)55-59-56(38-20-7-2-8-21-38)61-57(60-55)47-28-17-31-51-52(47)46-35-34-45-44-27-14-16-30-50(44)62(53(45)54(46)63-51)41-32-33-43-42-26-13-15-29-48(42)58(49(43)36-41,39-22-9-3-10-23-39)40-24-11-4-12-25-40/h1-36H. The third-order valence-electron chi connectivity index (χ3n) is 12.9. The van der Waals surface area contributed by atoms with E-state index in [0.717, 1.165) is 66.1 Å². The summed E-state index contributed by atoms with van der Waals surface area (Å²) in [4.78, 5) is 15.3. The monoisotopic (exact) mass is 804 g/mol. The fourth-order valence-electron chi connectivity index (χ4n) is 10.3. The van der Waals surface area contributed by atoms with E-state index in [-0.39, 0.29) is 0 Å². The number of aromatic nitrogens is 4. The maximum atomic E-state index is 7.08. The molecule has 0 aliphatic heterocycles. The van der Waals surface area contributed by atoms with Gasteiger partial charge in [-0.05, 0) is 63.7 Å². The summed E-state index contributed by atoms with van der Waals surface area (Å²) in [6, 6.07) is 77.5. The number of para-hydroxylation sites is 1. The van der Waals surface area contributed by atoms with Crippen LogP contribution in [0.2, 0.25) is 0 Å². The number of furan rings is 1. The van der Waals surface area contributed by atoms with Crippen LogP contribution in [0.25, 0.3) is 94.7 Å². The molecule has 12 aromatic rings. The van der Waals surface area contributed by atoms with Crippen molar-refractivity contribution in [3.63, 3.8) is 0 Å². The minimum Gasteiger partial charge on any atom is -0.454 e. The minimum atomic E-state index is -0.533. The van der Waals surface area contributed by atoms with Crippen molar-refractivity contribution in [2.24, 2.45) is 0 Å². The molecule has 3 heterocycles. The Morgan fingerprint density at radius 3 is 1.65 bits per heavy atom. The quantitative estimate of drug-likeness (QED) is 0.168. The van der Waals surface area contributed by atoms with Crippen LogP contribution in [0.3, 0.4) is 0 Å². The van der Waals surface area contributed by atoms with Crippen molar-refractivity contribution in [1.29, 1.82) is 0 Å². The van der Waals surface area contributed by atoms with Crippen molar-refractivity contribution in [2.45, 2.75) is 5.41 Å². The molecule has 0 saturated carbocycles. The summed E-state index contributed by atoms with van der Waals surface area (Å²) in [6.45, 7) is 0. The first-order valence-corrected chi connectivity index (χ1v) is 21.4. The van der Waals surface area contributed by atoms with Crippen molar-refractivity contribution in [3.05, 3.63) is 241 Å². The third kappa shape index (κ3) is 5.20. The lowest BCUT2D eigenvalue weighted by atomic mass is 9.67. The van der Waals surface area contributed by atoms with Gasteiger partial charge in [0.2, 0.25) is 0 Å². The molecule has 0 fully saturated rings. The molecule has 0 atom stereocenters. The summed E-state index contributed by atoms with van der Waals surface area (Å²) in [5, 5.41) is 4.25. The van der Waals surface area contributed by atoms with Crippen LogP contribution in [0.5, 0.6) is 0 Å². The summed E-state index contributed by atoms with van der Waals surface area (Å²) in [6.07, 6.45) is 0. The zero-order chi connectivity index (χ0) is 41.5. The van der Waals surface area contributed by atoms with E-state index in [2.05, 4.69) is 156 Å². The van der Waals surface area contributed by atoms with E-state index < -0.39 is 5.41 Å². The second kappa shape index (κ2) is 13.8. The Balaban J connectivity index is 1.08. The fourth-order valence-corrected chi connectivity index (χ4v) is 10.3. The zero-order valence-corrected chi connectivity index (χ0v) is 34.0. The van der Waals surface area contributed by atoms with E-state index in [9.17, 15) is 0 Å². The maximum absolute atomic E-state index is 7.08. The summed E-state index contributed by atoms with van der Waals surface area (Å²) < 4.78 is 9.49. The molecule has 63 heavy (non-hydrogen) atoms. The molecule has 0 unspecified atom stereocenters. The van der Waals surface area contributed by atoms with E-state index in [1.165, 1.54) is 33.4 Å². The normalized spacial score (nSPS) is 12.9. The van der Waals surface area contributed by atoms with Crippen LogP contribution in [0.15, 0.2) is 223 Å². The molecule has 0 bridgehead atoms. The lowest BCUT2D eigenvalue weighted by molar-refractivity contribution is 0.671. The smallest absolute Gasteiger partial charge is 0.164 e. The first-order chi connectivity index (χ1) is 31.3. The summed E-state index contributed by atoms with van der Waals surface area (Å²) in [5.74, 6) is 1.83. The Hall–Kier alpha value is -8.41. The van der Waals surface area contributed by atoms with Gasteiger partial charge in [-0.3, -0.25) is 0 Å². The van der Waals surface area contributed by atoms with E-state index in [0.29, 0.717) is 17.5 Å². The topological polar surface area (TPSA) is 56.7 Å². The van der Waals surface area contributed by atoms with Gasteiger partial charge in [-0.15, -0.1) is 0 Å². The molecule has 0 N–H and O–H groups in total. The highest BCUT2D eigenvalue weighted by molar-refractivity contribution is 6.23. The largest absolute Gasteiger partial charge is 0.454 e. The van der Waals surface area contributed by atoms with Crippen LogP contribution in [0, 0.1) is 0 Å². The van der Waals surface area contributed by atoms with Gasteiger partial charge in [-0.1, -0.05) is 188 Å². The van der Waals surface area contributed by atoms with Crippen molar-refractivity contribution in [1.82, 2.24) is 19.5 Å². The van der Waals surface area contributed by atoms with Crippen LogP contribution in [0.4, 0.5) is 0 Å². The molecular formula is C58H36N4O. The lowest BCUT2D eigenvalue weighted by Gasteiger charge is -2.34. The number of hydrogen-bond donors (Lipinski definition) is 0. The molecule has 1 aliphatic carbocycles. The van der Waals surface area contributed by atoms with Crippen LogP contribution < -0.4 is 0 Å². The summed E-state index contributed by atoms with van der Waals surface area (Å²) in [7, 11) is 0. The predicted octanol–water partition coefficient (Wildman–Crippen LogP) is 14.2. The van der Waals surface area contributed by atoms with Gasteiger partial charge in [0.25, 0.3) is 0 Å². The highest BCUT2D eigenvalue weighted by Gasteiger charge is 2.46. The van der Waals surface area contributed by atoms with Gasteiger partial charge < -0.3 is 8.98 Å². The molecule has 5 nitrogen and oxygen atoms in total. The van der Waals surface area contributed by atoms with Gasteiger partial charge in [0.05, 0.1) is 16.4 Å². The minimum absolute atomic E-state index is 0.533. The average Bonchev–Trinajstić information content (AvgIpc) is 4.01. The van der Waals surface area contributed by atoms with Crippen LogP contribution in [-0.4, -0.2) is 19.5 Å². The predicted molar refractivity (Wildman–Crippen MR) is 255 cm³/mol. The zero-order valence-electron chi connectivity index (χ0n) is 34.0. The molecule has 0 amide bonds. The van der Waals surface area contributed by atoms with Crippen molar-refractivity contribution in [2.75, 3.05) is 0 Å². The SMILES string of the molecule is c1ccc(-c2nc(-c3ccccc3)nc(-c3cccc4oc5c(ccc6c7ccccc7n(-c7ccc8c(c7)C(c7ccccc7)(c7ccccc7)c7ccccc7-8)c65)c34)n2)cc1. The Labute approximate surface area is 363 Å². The molecule has 0 radical (unpaired) electrons. The molecule has 294 valence electrons. The molecule has 0 saturated heterocycles. The highest BCUT2D eigenvalue weighted by Crippen LogP contribution is 2.57. The fraction of sp³-hybridized carbons (Fsp3) is 0.0172. The Morgan fingerprint density at radius 1 is 0.397 bits per heavy atom. The van der Waals surface area contributed by atoms with Gasteiger partial charge in [-0.25, -0.2) is 15.0 Å². The van der Waals surface area contributed by atoms with E-state index in [4.69, 9.17) is 19.4 Å². The van der Waals surface area contributed by atoms with Crippen molar-refractivity contribution >= 4 is 43.7 Å². The van der Waals surface area contributed by atoms with Gasteiger partial charge in [-0.2, -0.15) is 0 Å². The first-order valence-electron chi connectivity index (χ1n) is 21.4. The van der Waals surface area contributed by atoms with Crippen LogP contribution >= 0.6 is 0 Å². The Kier molecular flexibility index (Phi) is 7.75. The van der Waals surface area contributed by atoms with Crippen molar-refractivity contribution < 1.29 is 4.42 Å². The molecule has 0 spiro atoms. The molecule has 13 rings (SSSR count). The second-order valence-corrected chi connectivity index (χ2v) is 16.3. The average molecular weight is 805 g/mol. The van der Waals surface area contributed by atoms with E-state index >= 15 is 0 Å². The lowest BCUT2D eigenvalue weighted by Crippen LogP contribution is -2.28. The molecule has 5 heteroatoms. The van der Waals surface area contributed by atoms with Gasteiger partial charge >= 0.3 is 0 Å². The maximum Gasteiger partial charge on any atom is 0.164 e. The van der Waals surface area contributed by atoms with Crippen LogP contribution in [-0.2, 0) is 5.41 Å². The third-order valence-corrected chi connectivity index (χ3v) is 12.9. The Bertz CT molecular complexity index is 3630. The molecule has 9 aromatic carbocycles. The number of rotatable bonds is 6. The van der Waals surface area contributed by atoms with Gasteiger partial charge in [0.1, 0.15) is 5.58 Å². The first kappa shape index (κ1) is 35.4. The number of fused-ring (bicyclic) bond motifs is 10. The number of benzene rings is 9. The number of nitrogens with zero attached hydrogens (tertiary/aromatic N) is 4. The van der Waals surface area contributed by atoms with Gasteiger partial charge in [0, 0.05) is 43.9 Å². The Morgan fingerprint density at radius 2 is 0.952 bits per heavy atom. The molecular weight excluding hydrogens is 769 g/mol. The summed E-state index contributed by atoms with van der Waals surface area (Å²) >= 11 is 0.